The Labute approximate surface area is 144 Å². The number of rotatable bonds is 5. The minimum absolute atomic E-state index is 0.0170. The van der Waals surface area contributed by atoms with Gasteiger partial charge in [0.2, 0.25) is 0 Å². The molecule has 3 aromatic rings. The highest BCUT2D eigenvalue weighted by molar-refractivity contribution is 7.92. The Hall–Kier alpha value is -3.05. The van der Waals surface area contributed by atoms with Gasteiger partial charge in [0.15, 0.2) is 5.58 Å². The van der Waals surface area contributed by atoms with Crippen LogP contribution in [0.25, 0.3) is 11.1 Å². The van der Waals surface area contributed by atoms with Crippen molar-refractivity contribution in [1.29, 1.82) is 5.26 Å². The quantitative estimate of drug-likeness (QED) is 0.756. The van der Waals surface area contributed by atoms with Crippen LogP contribution in [-0.2, 0) is 16.6 Å². The van der Waals surface area contributed by atoms with Crippen molar-refractivity contribution in [3.05, 3.63) is 58.6 Å². The second-order valence-corrected chi connectivity index (χ2v) is 7.13. The third-order valence-electron chi connectivity index (χ3n) is 3.64. The average molecular weight is 357 g/mol. The summed E-state index contributed by atoms with van der Waals surface area (Å²) in [6, 6.07) is 12.3. The predicted octanol–water partition coefficient (Wildman–Crippen LogP) is 2.68. The topological polar surface area (TPSA) is 105 Å². The number of nitrogens with one attached hydrogen (secondary N) is 1. The largest absolute Gasteiger partial charge is 0.419 e. The molecule has 0 aliphatic heterocycles. The van der Waals surface area contributed by atoms with Crippen molar-refractivity contribution in [1.82, 2.24) is 4.57 Å². The molecule has 25 heavy (non-hydrogen) atoms. The first-order valence-corrected chi connectivity index (χ1v) is 9.09. The van der Waals surface area contributed by atoms with Crippen LogP contribution in [0, 0.1) is 11.3 Å². The number of hydrogen-bond donors (Lipinski definition) is 1. The zero-order valence-corrected chi connectivity index (χ0v) is 14.2. The summed E-state index contributed by atoms with van der Waals surface area (Å²) in [5.41, 5.74) is 1.44. The van der Waals surface area contributed by atoms with Gasteiger partial charge < -0.3 is 4.42 Å². The summed E-state index contributed by atoms with van der Waals surface area (Å²) in [6.07, 6.45) is 0.776. The molecule has 0 atom stereocenters. The monoisotopic (exact) mass is 357 g/mol. The van der Waals surface area contributed by atoms with Crippen LogP contribution in [0.4, 0.5) is 5.69 Å². The molecule has 2 aromatic carbocycles. The number of oxazole rings is 1. The van der Waals surface area contributed by atoms with E-state index < -0.39 is 15.8 Å². The zero-order valence-electron chi connectivity index (χ0n) is 13.4. The van der Waals surface area contributed by atoms with Crippen LogP contribution < -0.4 is 10.5 Å². The lowest BCUT2D eigenvalue weighted by molar-refractivity contribution is 0.502. The lowest BCUT2D eigenvalue weighted by atomic mass is 10.2. The van der Waals surface area contributed by atoms with E-state index in [4.69, 9.17) is 9.68 Å². The highest BCUT2D eigenvalue weighted by Crippen LogP contribution is 2.22. The van der Waals surface area contributed by atoms with Crippen LogP contribution >= 0.6 is 0 Å². The van der Waals surface area contributed by atoms with Crippen molar-refractivity contribution in [3.63, 3.8) is 0 Å². The van der Waals surface area contributed by atoms with Gasteiger partial charge in [-0.2, -0.15) is 5.26 Å². The van der Waals surface area contributed by atoms with Crippen molar-refractivity contribution >= 4 is 26.8 Å². The van der Waals surface area contributed by atoms with Crippen LogP contribution in [0.1, 0.15) is 18.9 Å². The van der Waals surface area contributed by atoms with Crippen LogP contribution in [0.5, 0.6) is 0 Å². The summed E-state index contributed by atoms with van der Waals surface area (Å²) < 4.78 is 34.0. The first-order chi connectivity index (χ1) is 11.9. The highest BCUT2D eigenvalue weighted by Gasteiger charge is 2.16. The van der Waals surface area contributed by atoms with Gasteiger partial charge in [0.1, 0.15) is 0 Å². The van der Waals surface area contributed by atoms with Gasteiger partial charge in [-0.1, -0.05) is 13.0 Å². The summed E-state index contributed by atoms with van der Waals surface area (Å²) in [7, 11) is -3.86. The lowest BCUT2D eigenvalue weighted by Gasteiger charge is -2.08. The summed E-state index contributed by atoms with van der Waals surface area (Å²) in [4.78, 5) is 11.8. The minimum atomic E-state index is -3.86. The van der Waals surface area contributed by atoms with E-state index in [1.54, 1.807) is 12.1 Å². The third kappa shape index (κ3) is 3.27. The normalized spacial score (nSPS) is 11.4. The number of nitriles is 1. The molecule has 0 aliphatic carbocycles. The smallest absolute Gasteiger partial charge is 0.408 e. The Kier molecular flexibility index (Phi) is 4.33. The maximum absolute atomic E-state index is 12.5. The summed E-state index contributed by atoms with van der Waals surface area (Å²) in [5.74, 6) is -0.474. The van der Waals surface area contributed by atoms with Gasteiger partial charge in [0, 0.05) is 12.6 Å². The fourth-order valence-corrected chi connectivity index (χ4v) is 3.61. The van der Waals surface area contributed by atoms with E-state index in [9.17, 15) is 13.2 Å². The van der Waals surface area contributed by atoms with E-state index in [0.29, 0.717) is 17.6 Å². The van der Waals surface area contributed by atoms with Crippen molar-refractivity contribution in [2.45, 2.75) is 24.8 Å². The van der Waals surface area contributed by atoms with Crippen molar-refractivity contribution < 1.29 is 12.8 Å². The van der Waals surface area contributed by atoms with Gasteiger partial charge in [0.05, 0.1) is 27.7 Å². The molecule has 0 saturated carbocycles. The van der Waals surface area contributed by atoms with Gasteiger partial charge >= 0.3 is 5.76 Å². The number of fused-ring (bicyclic) bond motifs is 1. The Morgan fingerprint density at radius 1 is 1.24 bits per heavy atom. The molecule has 0 fully saturated rings. The number of aromatic nitrogens is 1. The van der Waals surface area contributed by atoms with Crippen LogP contribution in [0.15, 0.2) is 56.6 Å². The van der Waals surface area contributed by atoms with E-state index in [-0.39, 0.29) is 16.1 Å². The summed E-state index contributed by atoms with van der Waals surface area (Å²) in [5, 5.41) is 8.90. The molecular formula is C17H15N3O4S. The average Bonchev–Trinajstić information content (AvgIpc) is 2.90. The maximum atomic E-state index is 12.5. The number of benzene rings is 2. The molecule has 0 saturated heterocycles. The third-order valence-corrected chi connectivity index (χ3v) is 5.02. The van der Waals surface area contributed by atoms with Crippen molar-refractivity contribution in [2.75, 3.05) is 4.72 Å². The molecule has 0 radical (unpaired) electrons. The van der Waals surface area contributed by atoms with Gasteiger partial charge in [0.25, 0.3) is 10.0 Å². The molecular weight excluding hydrogens is 342 g/mol. The lowest BCUT2D eigenvalue weighted by Crippen LogP contribution is -2.13. The second kappa shape index (κ2) is 6.45. The Morgan fingerprint density at radius 3 is 2.76 bits per heavy atom. The molecule has 128 valence electrons. The molecule has 8 heteroatoms. The van der Waals surface area contributed by atoms with E-state index in [1.807, 2.05) is 13.0 Å². The van der Waals surface area contributed by atoms with E-state index in [2.05, 4.69) is 4.72 Å². The fourth-order valence-electron chi connectivity index (χ4n) is 2.51. The van der Waals surface area contributed by atoms with Crippen LogP contribution in [0.2, 0.25) is 0 Å². The first-order valence-electron chi connectivity index (χ1n) is 7.61. The molecule has 3 rings (SSSR count). The number of aryl methyl sites for hydroxylation is 1. The molecule has 0 unspecified atom stereocenters. The predicted molar refractivity (Wildman–Crippen MR) is 92.7 cm³/mol. The molecule has 0 amide bonds. The molecule has 1 N–H and O–H groups in total. The highest BCUT2D eigenvalue weighted by atomic mass is 32.2. The van der Waals surface area contributed by atoms with Gasteiger partial charge in [-0.15, -0.1) is 0 Å². The molecule has 0 bridgehead atoms. The van der Waals surface area contributed by atoms with Crippen molar-refractivity contribution in [2.24, 2.45) is 0 Å². The van der Waals surface area contributed by atoms with E-state index in [1.165, 1.54) is 34.9 Å². The second-order valence-electron chi connectivity index (χ2n) is 5.45. The number of sulfonamides is 1. The Balaban J connectivity index is 1.97. The Morgan fingerprint density at radius 2 is 2.04 bits per heavy atom. The van der Waals surface area contributed by atoms with Gasteiger partial charge in [-0.25, -0.2) is 13.2 Å². The Bertz CT molecular complexity index is 1140. The first kappa shape index (κ1) is 16.8. The number of nitrogens with zero attached hydrogens (tertiary/aromatic N) is 2. The van der Waals surface area contributed by atoms with Crippen LogP contribution in [0.3, 0.4) is 0 Å². The molecule has 1 heterocycles. The molecule has 0 aliphatic rings. The molecule has 0 spiro atoms. The maximum Gasteiger partial charge on any atom is 0.419 e. The van der Waals surface area contributed by atoms with E-state index in [0.717, 1.165) is 6.42 Å². The SMILES string of the molecule is CCCn1c(=O)oc2cc(NS(=O)(=O)c3cccc(C#N)c3)ccc21. The minimum Gasteiger partial charge on any atom is -0.408 e. The number of hydrogen-bond acceptors (Lipinski definition) is 5. The molecule has 1 aromatic heterocycles. The summed E-state index contributed by atoms with van der Waals surface area (Å²) >= 11 is 0. The van der Waals surface area contributed by atoms with Gasteiger partial charge in [-0.05, 0) is 36.8 Å². The summed E-state index contributed by atoms with van der Waals surface area (Å²) in [6.45, 7) is 2.47. The van der Waals surface area contributed by atoms with Crippen LogP contribution in [-0.4, -0.2) is 13.0 Å². The van der Waals surface area contributed by atoms with E-state index >= 15 is 0 Å². The fraction of sp³-hybridized carbons (Fsp3) is 0.176. The number of anilines is 1. The van der Waals surface area contributed by atoms with Crippen molar-refractivity contribution in [3.8, 4) is 6.07 Å². The molecule has 7 nitrogen and oxygen atoms in total. The zero-order chi connectivity index (χ0) is 18.0. The standard InChI is InChI=1S/C17H15N3O4S/c1-2-8-20-15-7-6-13(10-16(15)24-17(20)21)19-25(22,23)14-5-3-4-12(9-14)11-18/h3-7,9-10,19H,2,8H2,1H3. The van der Waals surface area contributed by atoms with Gasteiger partial charge in [-0.3, -0.25) is 9.29 Å².